The third-order valence-electron chi connectivity index (χ3n) is 5.36. The summed E-state index contributed by atoms with van der Waals surface area (Å²) < 4.78 is 0. The molecule has 0 saturated heterocycles. The molecule has 0 heterocycles. The molecular formula is C20H18N4. The van der Waals surface area contributed by atoms with Crippen LogP contribution in [0.25, 0.3) is 0 Å². The van der Waals surface area contributed by atoms with Gasteiger partial charge < -0.3 is 5.41 Å². The van der Waals surface area contributed by atoms with Crippen LogP contribution in [0, 0.1) is 63.6 Å². The van der Waals surface area contributed by atoms with Crippen LogP contribution >= 0.6 is 0 Å². The number of allylic oxidation sites excluding steroid dienone is 2. The summed E-state index contributed by atoms with van der Waals surface area (Å²) in [5.74, 6) is -1.17. The molecule has 4 nitrogen and oxygen atoms in total. The van der Waals surface area contributed by atoms with Gasteiger partial charge in [0.1, 0.15) is 5.92 Å². The van der Waals surface area contributed by atoms with Crippen molar-refractivity contribution in [1.82, 2.24) is 0 Å². The van der Waals surface area contributed by atoms with Crippen molar-refractivity contribution < 1.29 is 0 Å². The highest BCUT2D eigenvalue weighted by molar-refractivity contribution is 6.00. The SMILES string of the molecule is Cc1ccc([C@H]2[C@@H]3CCCC=C3[C@H](C#N)C(=N)C2(C#N)C#N)cc1. The summed E-state index contributed by atoms with van der Waals surface area (Å²) in [6.45, 7) is 1.99. The van der Waals surface area contributed by atoms with E-state index in [9.17, 15) is 15.8 Å². The summed E-state index contributed by atoms with van der Waals surface area (Å²) >= 11 is 0. The Labute approximate surface area is 142 Å². The van der Waals surface area contributed by atoms with Crippen LogP contribution < -0.4 is 0 Å². The molecule has 2 aliphatic rings. The number of fused-ring (bicyclic) bond motifs is 1. The van der Waals surface area contributed by atoms with Gasteiger partial charge in [0.25, 0.3) is 0 Å². The Hall–Kier alpha value is -2.90. The molecular weight excluding hydrogens is 296 g/mol. The first-order valence-electron chi connectivity index (χ1n) is 8.16. The topological polar surface area (TPSA) is 95.2 Å². The molecule has 1 fully saturated rings. The van der Waals surface area contributed by atoms with Gasteiger partial charge in [-0.05, 0) is 43.2 Å². The Balaban J connectivity index is 2.24. The number of rotatable bonds is 1. The minimum atomic E-state index is -1.57. The first-order valence-corrected chi connectivity index (χ1v) is 8.16. The lowest BCUT2D eigenvalue weighted by molar-refractivity contribution is 0.320. The number of hydrogen-bond donors (Lipinski definition) is 1. The molecule has 4 heteroatoms. The summed E-state index contributed by atoms with van der Waals surface area (Å²) in [4.78, 5) is 0. The molecule has 3 rings (SSSR count). The van der Waals surface area contributed by atoms with Crippen LogP contribution in [0.2, 0.25) is 0 Å². The summed E-state index contributed by atoms with van der Waals surface area (Å²) in [6, 6.07) is 14.2. The molecule has 0 unspecified atom stereocenters. The summed E-state index contributed by atoms with van der Waals surface area (Å²) in [6.07, 6.45) is 4.77. The van der Waals surface area contributed by atoms with Gasteiger partial charge in [-0.25, -0.2) is 0 Å². The lowest BCUT2D eigenvalue weighted by atomic mass is 9.53. The van der Waals surface area contributed by atoms with Crippen molar-refractivity contribution in [3.05, 3.63) is 47.0 Å². The van der Waals surface area contributed by atoms with Crippen molar-refractivity contribution in [3.63, 3.8) is 0 Å². The highest BCUT2D eigenvalue weighted by atomic mass is 14.6. The predicted molar refractivity (Wildman–Crippen MR) is 89.8 cm³/mol. The first-order chi connectivity index (χ1) is 11.6. The van der Waals surface area contributed by atoms with Gasteiger partial charge in [0.2, 0.25) is 0 Å². The van der Waals surface area contributed by atoms with Crippen molar-refractivity contribution in [2.24, 2.45) is 17.3 Å². The van der Waals surface area contributed by atoms with E-state index in [4.69, 9.17) is 5.41 Å². The largest absolute Gasteiger partial charge is 0.305 e. The number of nitrogens with zero attached hydrogens (tertiary/aromatic N) is 3. The van der Waals surface area contributed by atoms with Gasteiger partial charge in [-0.15, -0.1) is 0 Å². The second-order valence-electron chi connectivity index (χ2n) is 6.64. The second-order valence-corrected chi connectivity index (χ2v) is 6.64. The van der Waals surface area contributed by atoms with Crippen molar-refractivity contribution in [3.8, 4) is 18.2 Å². The number of benzene rings is 1. The number of nitriles is 3. The van der Waals surface area contributed by atoms with Gasteiger partial charge in [0, 0.05) is 5.92 Å². The smallest absolute Gasteiger partial charge is 0.189 e. The van der Waals surface area contributed by atoms with E-state index < -0.39 is 17.3 Å². The molecule has 1 saturated carbocycles. The minimum absolute atomic E-state index is 0.0282. The molecule has 2 aliphatic carbocycles. The van der Waals surface area contributed by atoms with Crippen LogP contribution in [0.5, 0.6) is 0 Å². The van der Waals surface area contributed by atoms with Crippen LogP contribution in [0.3, 0.4) is 0 Å². The average molecular weight is 314 g/mol. The monoisotopic (exact) mass is 314 g/mol. The van der Waals surface area contributed by atoms with Gasteiger partial charge in [-0.2, -0.15) is 15.8 Å². The van der Waals surface area contributed by atoms with E-state index in [0.29, 0.717) is 0 Å². The van der Waals surface area contributed by atoms with E-state index >= 15 is 0 Å². The quantitative estimate of drug-likeness (QED) is 0.793. The van der Waals surface area contributed by atoms with E-state index in [2.05, 4.69) is 24.3 Å². The molecule has 1 aromatic rings. The summed E-state index contributed by atoms with van der Waals surface area (Å²) in [5, 5.41) is 37.8. The number of aryl methyl sites for hydroxylation is 1. The van der Waals surface area contributed by atoms with Gasteiger partial charge in [-0.1, -0.05) is 35.9 Å². The zero-order chi connectivity index (χ0) is 17.3. The minimum Gasteiger partial charge on any atom is -0.305 e. The van der Waals surface area contributed by atoms with E-state index in [1.54, 1.807) is 0 Å². The molecule has 118 valence electrons. The van der Waals surface area contributed by atoms with Crippen LogP contribution in [-0.2, 0) is 0 Å². The molecule has 3 atom stereocenters. The fraction of sp³-hybridized carbons (Fsp3) is 0.400. The maximum Gasteiger partial charge on any atom is 0.189 e. The van der Waals surface area contributed by atoms with E-state index in [-0.39, 0.29) is 11.6 Å². The molecule has 0 aliphatic heterocycles. The van der Waals surface area contributed by atoms with Gasteiger partial charge in [-0.3, -0.25) is 0 Å². The highest BCUT2D eigenvalue weighted by Crippen LogP contribution is 2.55. The molecule has 1 N–H and O–H groups in total. The Morgan fingerprint density at radius 2 is 1.79 bits per heavy atom. The molecule has 0 aromatic heterocycles. The molecule has 1 aromatic carbocycles. The fourth-order valence-corrected chi connectivity index (χ4v) is 4.16. The van der Waals surface area contributed by atoms with Crippen molar-refractivity contribution >= 4 is 5.71 Å². The van der Waals surface area contributed by atoms with Gasteiger partial charge in [0.15, 0.2) is 5.41 Å². The van der Waals surface area contributed by atoms with E-state index in [1.165, 1.54) is 0 Å². The van der Waals surface area contributed by atoms with Crippen molar-refractivity contribution in [2.75, 3.05) is 0 Å². The summed E-state index contributed by atoms with van der Waals surface area (Å²) in [5.41, 5.74) is 1.31. The van der Waals surface area contributed by atoms with Gasteiger partial charge in [0.05, 0.1) is 23.9 Å². The lowest BCUT2D eigenvalue weighted by Crippen LogP contribution is -2.48. The predicted octanol–water partition coefficient (Wildman–Crippen LogP) is 4.01. The zero-order valence-corrected chi connectivity index (χ0v) is 13.6. The Kier molecular flexibility index (Phi) is 3.96. The first kappa shape index (κ1) is 16.0. The van der Waals surface area contributed by atoms with E-state index in [1.807, 2.05) is 31.2 Å². The van der Waals surface area contributed by atoms with Crippen molar-refractivity contribution in [1.29, 1.82) is 21.2 Å². The second kappa shape index (κ2) is 5.95. The standard InChI is InChI=1S/C20H18N4/c1-13-6-8-14(9-7-13)18-16-5-3-2-4-15(16)17(10-21)19(24)20(18,11-22)12-23/h4,6-9,16-18,24H,2-3,5H2,1H3/t16-,17+,18+/m1/s1. The van der Waals surface area contributed by atoms with Gasteiger partial charge >= 0.3 is 0 Å². The molecule has 0 bridgehead atoms. The maximum absolute atomic E-state index is 9.86. The van der Waals surface area contributed by atoms with Crippen molar-refractivity contribution in [2.45, 2.75) is 32.1 Å². The maximum atomic E-state index is 9.86. The normalized spacial score (nSPS) is 27.8. The van der Waals surface area contributed by atoms with Crippen LogP contribution in [0.15, 0.2) is 35.9 Å². The molecule has 0 amide bonds. The fourth-order valence-electron chi connectivity index (χ4n) is 4.16. The molecule has 0 radical (unpaired) electrons. The molecule has 0 spiro atoms. The van der Waals surface area contributed by atoms with Crippen LogP contribution in [0.1, 0.15) is 36.3 Å². The Morgan fingerprint density at radius 3 is 2.38 bits per heavy atom. The number of hydrogen-bond acceptors (Lipinski definition) is 4. The lowest BCUT2D eigenvalue weighted by Gasteiger charge is -2.45. The summed E-state index contributed by atoms with van der Waals surface area (Å²) in [7, 11) is 0. The van der Waals surface area contributed by atoms with Crippen LogP contribution in [0.4, 0.5) is 0 Å². The van der Waals surface area contributed by atoms with E-state index in [0.717, 1.165) is 36.0 Å². The Bertz CT molecular complexity index is 812. The zero-order valence-electron chi connectivity index (χ0n) is 13.6. The Morgan fingerprint density at radius 1 is 1.12 bits per heavy atom. The van der Waals surface area contributed by atoms with Crippen LogP contribution in [-0.4, -0.2) is 5.71 Å². The third kappa shape index (κ3) is 2.14. The average Bonchev–Trinajstić information content (AvgIpc) is 2.62. The highest BCUT2D eigenvalue weighted by Gasteiger charge is 2.56. The number of nitrogens with one attached hydrogen (secondary N) is 1. The molecule has 24 heavy (non-hydrogen) atoms. The third-order valence-corrected chi connectivity index (χ3v) is 5.36.